The summed E-state index contributed by atoms with van der Waals surface area (Å²) in [5.41, 5.74) is 0. The highest BCUT2D eigenvalue weighted by Crippen LogP contribution is 2.19. The van der Waals surface area contributed by atoms with Crippen LogP contribution in [0.3, 0.4) is 0 Å². The molecule has 0 saturated carbocycles. The average molecular weight is 276 g/mol. The molecule has 1 saturated heterocycles. The van der Waals surface area contributed by atoms with Gasteiger partial charge in [-0.3, -0.25) is 4.79 Å². The number of hydrogen-bond donors (Lipinski definition) is 1. The molecule has 5 nitrogen and oxygen atoms in total. The molecule has 1 heterocycles. The van der Waals surface area contributed by atoms with Gasteiger partial charge in [0.1, 0.15) is 0 Å². The number of nitrogens with one attached hydrogen (secondary N) is 1. The molecule has 18 heavy (non-hydrogen) atoms. The largest absolute Gasteiger partial charge is 0.356 e. The Hall–Kier alpha value is -0.620. The van der Waals surface area contributed by atoms with Gasteiger partial charge in [-0.1, -0.05) is 19.8 Å². The third kappa shape index (κ3) is 4.94. The van der Waals surface area contributed by atoms with E-state index in [0.29, 0.717) is 25.9 Å². The number of hydrogen-bond acceptors (Lipinski definition) is 3. The molecule has 0 aromatic carbocycles. The highest BCUT2D eigenvalue weighted by Gasteiger charge is 2.28. The molecule has 1 fully saturated rings. The quantitative estimate of drug-likeness (QED) is 0.735. The number of nitrogens with zero attached hydrogens (tertiary/aromatic N) is 1. The van der Waals surface area contributed by atoms with Gasteiger partial charge in [-0.2, -0.15) is 0 Å². The van der Waals surface area contributed by atoms with Crippen molar-refractivity contribution in [3.63, 3.8) is 0 Å². The summed E-state index contributed by atoms with van der Waals surface area (Å²) in [5, 5.41) is 2.93. The lowest BCUT2D eigenvalue weighted by Gasteiger charge is -2.29. The van der Waals surface area contributed by atoms with Gasteiger partial charge >= 0.3 is 0 Å². The van der Waals surface area contributed by atoms with E-state index < -0.39 is 10.0 Å². The van der Waals surface area contributed by atoms with E-state index in [1.54, 1.807) is 0 Å². The van der Waals surface area contributed by atoms with E-state index in [0.717, 1.165) is 25.8 Å². The fraction of sp³-hybridized carbons (Fsp3) is 0.917. The lowest BCUT2D eigenvalue weighted by atomic mass is 9.97. The van der Waals surface area contributed by atoms with Gasteiger partial charge in [-0.25, -0.2) is 12.7 Å². The van der Waals surface area contributed by atoms with Gasteiger partial charge in [0, 0.05) is 25.6 Å². The standard InChI is InChI=1S/C12H24N2O3S/c1-3-4-5-8-13-12(15)11-6-9-14(10-7-11)18(2,16)17/h11H,3-10H2,1-2H3,(H,13,15). The van der Waals surface area contributed by atoms with Crippen molar-refractivity contribution in [2.75, 3.05) is 25.9 Å². The van der Waals surface area contributed by atoms with Crippen molar-refractivity contribution in [1.29, 1.82) is 0 Å². The number of sulfonamides is 1. The Morgan fingerprint density at radius 1 is 1.28 bits per heavy atom. The Labute approximate surface area is 110 Å². The van der Waals surface area contributed by atoms with Crippen molar-refractivity contribution in [3.8, 4) is 0 Å². The molecular formula is C12H24N2O3S. The smallest absolute Gasteiger partial charge is 0.223 e. The van der Waals surface area contributed by atoms with E-state index in [2.05, 4.69) is 12.2 Å². The zero-order valence-corrected chi connectivity index (χ0v) is 12.1. The van der Waals surface area contributed by atoms with E-state index in [1.165, 1.54) is 10.6 Å². The zero-order chi connectivity index (χ0) is 13.6. The maximum Gasteiger partial charge on any atom is 0.223 e. The van der Waals surface area contributed by atoms with Gasteiger partial charge in [-0.15, -0.1) is 0 Å². The molecular weight excluding hydrogens is 252 g/mol. The maximum atomic E-state index is 11.8. The number of amides is 1. The minimum atomic E-state index is -3.10. The van der Waals surface area contributed by atoms with Crippen LogP contribution in [0.4, 0.5) is 0 Å². The van der Waals surface area contributed by atoms with Crippen molar-refractivity contribution >= 4 is 15.9 Å². The van der Waals surface area contributed by atoms with E-state index in [1.807, 2.05) is 0 Å². The monoisotopic (exact) mass is 276 g/mol. The predicted octanol–water partition coefficient (Wildman–Crippen LogP) is 0.964. The molecule has 106 valence electrons. The molecule has 0 unspecified atom stereocenters. The highest BCUT2D eigenvalue weighted by atomic mass is 32.2. The van der Waals surface area contributed by atoms with Gasteiger partial charge < -0.3 is 5.32 Å². The van der Waals surface area contributed by atoms with Crippen LogP contribution in [0.25, 0.3) is 0 Å². The van der Waals surface area contributed by atoms with Crippen LogP contribution in [-0.4, -0.2) is 44.5 Å². The van der Waals surface area contributed by atoms with E-state index in [4.69, 9.17) is 0 Å². The molecule has 1 amide bonds. The molecule has 1 aliphatic rings. The summed E-state index contributed by atoms with van der Waals surface area (Å²) in [4.78, 5) is 11.8. The summed E-state index contributed by atoms with van der Waals surface area (Å²) in [5.74, 6) is 0.0591. The van der Waals surface area contributed by atoms with Crippen LogP contribution in [0.1, 0.15) is 39.0 Å². The van der Waals surface area contributed by atoms with Crippen LogP contribution in [0.15, 0.2) is 0 Å². The van der Waals surface area contributed by atoms with Gasteiger partial charge in [0.15, 0.2) is 0 Å². The SMILES string of the molecule is CCCCCNC(=O)C1CCN(S(C)(=O)=O)CC1. The molecule has 6 heteroatoms. The second kappa shape index (κ2) is 7.09. The number of unbranched alkanes of at least 4 members (excludes halogenated alkanes) is 2. The first-order valence-electron chi connectivity index (χ1n) is 6.68. The van der Waals surface area contributed by atoms with E-state index >= 15 is 0 Å². The number of rotatable bonds is 6. The van der Waals surface area contributed by atoms with Crippen molar-refractivity contribution in [1.82, 2.24) is 9.62 Å². The van der Waals surface area contributed by atoms with Gasteiger partial charge in [-0.05, 0) is 19.3 Å². The fourth-order valence-electron chi connectivity index (χ4n) is 2.18. The highest BCUT2D eigenvalue weighted by molar-refractivity contribution is 7.88. The second-order valence-electron chi connectivity index (χ2n) is 4.93. The first-order valence-corrected chi connectivity index (χ1v) is 8.52. The first-order chi connectivity index (χ1) is 8.45. The van der Waals surface area contributed by atoms with Crippen LogP contribution in [-0.2, 0) is 14.8 Å². The van der Waals surface area contributed by atoms with Crippen molar-refractivity contribution < 1.29 is 13.2 Å². The summed E-state index contributed by atoms with van der Waals surface area (Å²) in [6, 6.07) is 0. The molecule has 1 rings (SSSR count). The summed E-state index contributed by atoms with van der Waals surface area (Å²) in [7, 11) is -3.10. The number of carbonyl (C=O) groups excluding carboxylic acids is 1. The zero-order valence-electron chi connectivity index (χ0n) is 11.3. The van der Waals surface area contributed by atoms with Crippen LogP contribution in [0, 0.1) is 5.92 Å². The predicted molar refractivity (Wildman–Crippen MR) is 71.7 cm³/mol. The molecule has 0 atom stereocenters. The van der Waals surface area contributed by atoms with E-state index in [9.17, 15) is 13.2 Å². The van der Waals surface area contributed by atoms with Crippen LogP contribution < -0.4 is 5.32 Å². The molecule has 0 aromatic heterocycles. The molecule has 0 radical (unpaired) electrons. The van der Waals surface area contributed by atoms with Gasteiger partial charge in [0.25, 0.3) is 0 Å². The second-order valence-corrected chi connectivity index (χ2v) is 6.92. The normalized spacial score (nSPS) is 18.8. The molecule has 0 bridgehead atoms. The minimum absolute atomic E-state index is 0.0235. The van der Waals surface area contributed by atoms with Crippen molar-refractivity contribution in [2.24, 2.45) is 5.92 Å². The minimum Gasteiger partial charge on any atom is -0.356 e. The van der Waals surface area contributed by atoms with Gasteiger partial charge in [0.05, 0.1) is 6.26 Å². The van der Waals surface area contributed by atoms with Crippen LogP contribution in [0.2, 0.25) is 0 Å². The van der Waals surface area contributed by atoms with Crippen molar-refractivity contribution in [2.45, 2.75) is 39.0 Å². The summed E-state index contributed by atoms with van der Waals surface area (Å²) in [6.07, 6.45) is 5.78. The van der Waals surface area contributed by atoms with Crippen LogP contribution >= 0.6 is 0 Å². The molecule has 0 aliphatic carbocycles. The summed E-state index contributed by atoms with van der Waals surface area (Å²) in [6.45, 7) is 3.79. The first kappa shape index (κ1) is 15.4. The lowest BCUT2D eigenvalue weighted by Crippen LogP contribution is -2.42. The molecule has 0 aromatic rings. The van der Waals surface area contributed by atoms with Crippen molar-refractivity contribution in [3.05, 3.63) is 0 Å². The molecule has 0 spiro atoms. The molecule has 1 N–H and O–H groups in total. The number of carbonyl (C=O) groups is 1. The van der Waals surface area contributed by atoms with Crippen LogP contribution in [0.5, 0.6) is 0 Å². The van der Waals surface area contributed by atoms with Gasteiger partial charge in [0.2, 0.25) is 15.9 Å². The maximum absolute atomic E-state index is 11.8. The Bertz CT molecular complexity index is 360. The Balaban J connectivity index is 2.28. The Morgan fingerprint density at radius 2 is 1.89 bits per heavy atom. The lowest BCUT2D eigenvalue weighted by molar-refractivity contribution is -0.126. The fourth-order valence-corrected chi connectivity index (χ4v) is 3.05. The summed E-state index contributed by atoms with van der Waals surface area (Å²) < 4.78 is 24.1. The Morgan fingerprint density at radius 3 is 2.39 bits per heavy atom. The number of piperidine rings is 1. The summed E-state index contributed by atoms with van der Waals surface area (Å²) >= 11 is 0. The third-order valence-electron chi connectivity index (χ3n) is 3.37. The molecule has 1 aliphatic heterocycles. The third-order valence-corrected chi connectivity index (χ3v) is 4.68. The van der Waals surface area contributed by atoms with E-state index in [-0.39, 0.29) is 11.8 Å². The Kier molecular flexibility index (Phi) is 6.08. The topological polar surface area (TPSA) is 66.5 Å². The average Bonchev–Trinajstić information content (AvgIpc) is 2.33.